The molecule has 1 N–H and O–H groups in total. The van der Waals surface area contributed by atoms with Gasteiger partial charge in [0.25, 0.3) is 5.91 Å². The number of para-hydroxylation sites is 1. The molecule has 1 atom stereocenters. The second-order valence-electron chi connectivity index (χ2n) is 6.76. The number of hydrogen-bond donors (Lipinski definition) is 1. The molecule has 0 saturated carbocycles. The molecule has 1 amide bonds. The molecule has 3 heterocycles. The van der Waals surface area contributed by atoms with E-state index in [0.29, 0.717) is 25.3 Å². The minimum Gasteiger partial charge on any atom is -0.376 e. The van der Waals surface area contributed by atoms with Crippen LogP contribution in [0.5, 0.6) is 0 Å². The summed E-state index contributed by atoms with van der Waals surface area (Å²) in [5.41, 5.74) is 2.56. The number of fused-ring (bicyclic) bond motifs is 1. The Kier molecular flexibility index (Phi) is 4.75. The zero-order valence-electron chi connectivity index (χ0n) is 15.0. The maximum atomic E-state index is 12.8. The second-order valence-corrected chi connectivity index (χ2v) is 6.76. The molecule has 2 aromatic heterocycles. The van der Waals surface area contributed by atoms with Gasteiger partial charge in [0.2, 0.25) is 0 Å². The monoisotopic (exact) mass is 352 g/mol. The molecule has 26 heavy (non-hydrogen) atoms. The largest absolute Gasteiger partial charge is 0.376 e. The third-order valence-corrected chi connectivity index (χ3v) is 4.99. The number of H-pyrrole nitrogens is 1. The van der Waals surface area contributed by atoms with Crippen molar-refractivity contribution < 1.29 is 9.53 Å². The number of amides is 1. The van der Waals surface area contributed by atoms with Crippen LogP contribution in [0.1, 0.15) is 35.9 Å². The molecular weight excluding hydrogens is 328 g/mol. The number of benzene rings is 1. The number of nitrogens with zero attached hydrogens (tertiary/aromatic N) is 3. The van der Waals surface area contributed by atoms with Crippen LogP contribution >= 0.6 is 0 Å². The minimum absolute atomic E-state index is 0.0390. The number of nitrogens with one attached hydrogen (secondary N) is 1. The van der Waals surface area contributed by atoms with Crippen LogP contribution in [0.25, 0.3) is 10.9 Å². The van der Waals surface area contributed by atoms with Gasteiger partial charge in [-0.25, -0.2) is 0 Å². The maximum Gasteiger partial charge on any atom is 0.274 e. The highest BCUT2D eigenvalue weighted by atomic mass is 16.5. The van der Waals surface area contributed by atoms with E-state index < -0.39 is 0 Å². The Labute approximate surface area is 152 Å². The number of likely N-dealkylation sites (N-methyl/N-ethyl adjacent to an activating group) is 1. The second kappa shape index (κ2) is 7.33. The molecule has 4 rings (SSSR count). The van der Waals surface area contributed by atoms with Gasteiger partial charge in [0, 0.05) is 31.4 Å². The van der Waals surface area contributed by atoms with Crippen molar-refractivity contribution in [3.05, 3.63) is 54.0 Å². The van der Waals surface area contributed by atoms with Crippen LogP contribution in [0.4, 0.5) is 0 Å². The first-order valence-electron chi connectivity index (χ1n) is 9.23. The van der Waals surface area contributed by atoms with Crippen LogP contribution in [-0.4, -0.2) is 51.4 Å². The summed E-state index contributed by atoms with van der Waals surface area (Å²) in [7, 11) is 0. The third kappa shape index (κ3) is 3.37. The first-order valence-corrected chi connectivity index (χ1v) is 9.23. The summed E-state index contributed by atoms with van der Waals surface area (Å²) in [6.07, 6.45) is 4.32. The van der Waals surface area contributed by atoms with Gasteiger partial charge in [0.1, 0.15) is 5.69 Å². The van der Waals surface area contributed by atoms with Gasteiger partial charge < -0.3 is 14.2 Å². The molecule has 1 saturated heterocycles. The highest BCUT2D eigenvalue weighted by Gasteiger charge is 2.23. The Morgan fingerprint density at radius 1 is 1.38 bits per heavy atom. The van der Waals surface area contributed by atoms with Crippen molar-refractivity contribution >= 4 is 16.8 Å². The van der Waals surface area contributed by atoms with Crippen molar-refractivity contribution in [2.45, 2.75) is 32.4 Å². The van der Waals surface area contributed by atoms with Gasteiger partial charge in [-0.15, -0.1) is 0 Å². The zero-order valence-corrected chi connectivity index (χ0v) is 15.0. The lowest BCUT2D eigenvalue weighted by Gasteiger charge is -2.23. The first-order chi connectivity index (χ1) is 12.7. The van der Waals surface area contributed by atoms with Crippen molar-refractivity contribution in [2.24, 2.45) is 0 Å². The molecule has 0 bridgehead atoms. The summed E-state index contributed by atoms with van der Waals surface area (Å²) >= 11 is 0. The van der Waals surface area contributed by atoms with Crippen molar-refractivity contribution in [1.82, 2.24) is 19.7 Å². The van der Waals surface area contributed by atoms with E-state index in [1.807, 2.05) is 30.0 Å². The first kappa shape index (κ1) is 16.8. The van der Waals surface area contributed by atoms with E-state index in [-0.39, 0.29) is 12.0 Å². The summed E-state index contributed by atoms with van der Waals surface area (Å²) in [4.78, 5) is 14.6. The molecule has 136 valence electrons. The average molecular weight is 352 g/mol. The third-order valence-electron chi connectivity index (χ3n) is 4.99. The van der Waals surface area contributed by atoms with Crippen LogP contribution in [0, 0.1) is 0 Å². The molecule has 0 aliphatic carbocycles. The van der Waals surface area contributed by atoms with Crippen molar-refractivity contribution in [1.29, 1.82) is 0 Å². The number of carbonyl (C=O) groups excluding carboxylic acids is 1. The Balaban J connectivity index is 1.47. The Morgan fingerprint density at radius 2 is 2.27 bits per heavy atom. The van der Waals surface area contributed by atoms with E-state index in [2.05, 4.69) is 39.2 Å². The SMILES string of the molecule is CCN(CC1CCCO1)C(=O)c1cc(Cn2ccc3ccccc32)[nH]n1. The summed E-state index contributed by atoms with van der Waals surface area (Å²) < 4.78 is 7.82. The number of ether oxygens (including phenoxy) is 1. The van der Waals surface area contributed by atoms with Gasteiger partial charge in [-0.1, -0.05) is 18.2 Å². The van der Waals surface area contributed by atoms with E-state index in [0.717, 1.165) is 25.1 Å². The van der Waals surface area contributed by atoms with Gasteiger partial charge in [-0.05, 0) is 43.4 Å². The van der Waals surface area contributed by atoms with Crippen LogP contribution in [0.15, 0.2) is 42.6 Å². The fourth-order valence-electron chi connectivity index (χ4n) is 3.57. The molecule has 1 fully saturated rings. The van der Waals surface area contributed by atoms with Gasteiger partial charge in [-0.3, -0.25) is 9.89 Å². The van der Waals surface area contributed by atoms with Crippen molar-refractivity contribution in [2.75, 3.05) is 19.7 Å². The zero-order chi connectivity index (χ0) is 17.9. The summed E-state index contributed by atoms with van der Waals surface area (Å²) in [5.74, 6) is -0.0390. The van der Waals surface area contributed by atoms with Crippen molar-refractivity contribution in [3.8, 4) is 0 Å². The quantitative estimate of drug-likeness (QED) is 0.742. The van der Waals surface area contributed by atoms with E-state index in [1.54, 1.807) is 0 Å². The van der Waals surface area contributed by atoms with Gasteiger partial charge in [0.05, 0.1) is 18.3 Å². The van der Waals surface area contributed by atoms with Crippen LogP contribution in [-0.2, 0) is 11.3 Å². The van der Waals surface area contributed by atoms with Crippen LogP contribution in [0.2, 0.25) is 0 Å². The van der Waals surface area contributed by atoms with E-state index in [4.69, 9.17) is 4.74 Å². The number of rotatable bonds is 6. The van der Waals surface area contributed by atoms with Gasteiger partial charge in [0.15, 0.2) is 0 Å². The van der Waals surface area contributed by atoms with Gasteiger partial charge in [-0.2, -0.15) is 5.10 Å². The normalized spacial score (nSPS) is 17.0. The smallest absolute Gasteiger partial charge is 0.274 e. The minimum atomic E-state index is -0.0390. The van der Waals surface area contributed by atoms with Gasteiger partial charge >= 0.3 is 0 Å². The lowest BCUT2D eigenvalue weighted by molar-refractivity contribution is 0.0535. The predicted molar refractivity (Wildman–Crippen MR) is 100 cm³/mol. The Bertz CT molecular complexity index is 892. The lowest BCUT2D eigenvalue weighted by Crippen LogP contribution is -2.37. The number of carbonyl (C=O) groups is 1. The molecule has 0 radical (unpaired) electrons. The Hall–Kier alpha value is -2.60. The predicted octanol–water partition coefficient (Wildman–Crippen LogP) is 3.05. The van der Waals surface area contributed by atoms with E-state index in [1.165, 1.54) is 10.9 Å². The van der Waals surface area contributed by atoms with Crippen LogP contribution < -0.4 is 0 Å². The van der Waals surface area contributed by atoms with E-state index in [9.17, 15) is 4.79 Å². The molecule has 1 aliphatic heterocycles. The number of hydrogen-bond acceptors (Lipinski definition) is 3. The summed E-state index contributed by atoms with van der Waals surface area (Å²) in [6.45, 7) is 4.74. The lowest BCUT2D eigenvalue weighted by atomic mass is 10.2. The Morgan fingerprint density at radius 3 is 3.08 bits per heavy atom. The van der Waals surface area contributed by atoms with Crippen molar-refractivity contribution in [3.63, 3.8) is 0 Å². The topological polar surface area (TPSA) is 63.1 Å². The molecule has 6 nitrogen and oxygen atoms in total. The molecular formula is C20H24N4O2. The standard InChI is InChI=1S/C20H24N4O2/c1-2-23(14-17-7-5-11-26-17)20(25)18-12-16(21-22-18)13-24-10-9-15-6-3-4-8-19(15)24/h3-4,6,8-10,12,17H,2,5,7,11,13-14H2,1H3,(H,21,22). The number of aromatic nitrogens is 3. The van der Waals surface area contributed by atoms with Crippen LogP contribution in [0.3, 0.4) is 0 Å². The summed E-state index contributed by atoms with van der Waals surface area (Å²) in [6, 6.07) is 12.2. The molecule has 0 spiro atoms. The molecule has 3 aromatic rings. The number of aromatic amines is 1. The average Bonchev–Trinajstić information content (AvgIpc) is 3.41. The maximum absolute atomic E-state index is 12.8. The fourth-order valence-corrected chi connectivity index (χ4v) is 3.57. The fraction of sp³-hybridized carbons (Fsp3) is 0.400. The highest BCUT2D eigenvalue weighted by Crippen LogP contribution is 2.17. The molecule has 1 aromatic carbocycles. The summed E-state index contributed by atoms with van der Waals surface area (Å²) in [5, 5.41) is 8.47. The highest BCUT2D eigenvalue weighted by molar-refractivity contribution is 5.92. The molecule has 1 unspecified atom stereocenters. The van der Waals surface area contributed by atoms with E-state index >= 15 is 0 Å². The molecule has 6 heteroatoms. The molecule has 1 aliphatic rings.